The van der Waals surface area contributed by atoms with Gasteiger partial charge >= 0.3 is 0 Å². The molecule has 1 nitrogen and oxygen atoms in total. The molecular weight excluding hydrogens is 226 g/mol. The van der Waals surface area contributed by atoms with E-state index in [1.165, 1.54) is 36.1 Å². The molecule has 17 heavy (non-hydrogen) atoms. The maximum Gasteiger partial charge on any atom is 0.0304 e. The fraction of sp³-hybridized carbons (Fsp3) is 0.733. The van der Waals surface area contributed by atoms with E-state index in [1.807, 2.05) is 11.3 Å². The Morgan fingerprint density at radius 2 is 2.00 bits per heavy atom. The standard InChI is InChI=1S/C15H25NS/c1-11(2)13-4-6-14(7-5-13)16-10-15-12(3)8-9-17-15/h8-9,11,13-14,16H,4-7,10H2,1-3H3. The Labute approximate surface area is 110 Å². The normalized spacial score (nSPS) is 25.4. The minimum absolute atomic E-state index is 0.756. The van der Waals surface area contributed by atoms with Crippen LogP contribution in [0.15, 0.2) is 11.4 Å². The molecule has 96 valence electrons. The minimum Gasteiger partial charge on any atom is -0.309 e. The molecule has 1 N–H and O–H groups in total. The number of nitrogens with one attached hydrogen (secondary N) is 1. The molecule has 0 saturated heterocycles. The quantitative estimate of drug-likeness (QED) is 0.838. The summed E-state index contributed by atoms with van der Waals surface area (Å²) in [7, 11) is 0. The Balaban J connectivity index is 1.74. The van der Waals surface area contributed by atoms with Gasteiger partial charge in [0.15, 0.2) is 0 Å². The van der Waals surface area contributed by atoms with Gasteiger partial charge in [0.1, 0.15) is 0 Å². The smallest absolute Gasteiger partial charge is 0.0304 e. The van der Waals surface area contributed by atoms with Crippen molar-refractivity contribution in [3.63, 3.8) is 0 Å². The Morgan fingerprint density at radius 1 is 1.29 bits per heavy atom. The van der Waals surface area contributed by atoms with Gasteiger partial charge in [-0.05, 0) is 61.5 Å². The van der Waals surface area contributed by atoms with E-state index in [4.69, 9.17) is 0 Å². The Kier molecular flexibility index (Phi) is 4.63. The number of hydrogen-bond acceptors (Lipinski definition) is 2. The van der Waals surface area contributed by atoms with Crippen LogP contribution in [-0.2, 0) is 6.54 Å². The molecule has 1 aromatic heterocycles. The van der Waals surface area contributed by atoms with Crippen molar-refractivity contribution in [2.75, 3.05) is 0 Å². The molecule has 2 heteroatoms. The van der Waals surface area contributed by atoms with Crippen molar-refractivity contribution in [3.05, 3.63) is 21.9 Å². The van der Waals surface area contributed by atoms with Gasteiger partial charge in [-0.1, -0.05) is 13.8 Å². The van der Waals surface area contributed by atoms with Gasteiger partial charge in [-0.15, -0.1) is 11.3 Å². The summed E-state index contributed by atoms with van der Waals surface area (Å²) >= 11 is 1.88. The van der Waals surface area contributed by atoms with Crippen molar-refractivity contribution in [2.45, 2.75) is 59.0 Å². The summed E-state index contributed by atoms with van der Waals surface area (Å²) in [5.41, 5.74) is 1.44. The fourth-order valence-electron chi connectivity index (χ4n) is 2.81. The van der Waals surface area contributed by atoms with Crippen LogP contribution in [-0.4, -0.2) is 6.04 Å². The van der Waals surface area contributed by atoms with Crippen LogP contribution in [0.5, 0.6) is 0 Å². The van der Waals surface area contributed by atoms with E-state index >= 15 is 0 Å². The Bertz CT molecular complexity index is 334. The van der Waals surface area contributed by atoms with Crippen molar-refractivity contribution in [1.82, 2.24) is 5.32 Å². The SMILES string of the molecule is Cc1ccsc1CNC1CCC(C(C)C)CC1. The predicted molar refractivity (Wildman–Crippen MR) is 76.5 cm³/mol. The van der Waals surface area contributed by atoms with Crippen LogP contribution < -0.4 is 5.32 Å². The summed E-state index contributed by atoms with van der Waals surface area (Å²) in [5.74, 6) is 1.84. The molecule has 1 fully saturated rings. The van der Waals surface area contributed by atoms with Crippen molar-refractivity contribution >= 4 is 11.3 Å². The van der Waals surface area contributed by atoms with Gasteiger partial charge < -0.3 is 5.32 Å². The highest BCUT2D eigenvalue weighted by atomic mass is 32.1. The van der Waals surface area contributed by atoms with Crippen molar-refractivity contribution in [3.8, 4) is 0 Å². The van der Waals surface area contributed by atoms with Crippen molar-refractivity contribution in [2.24, 2.45) is 11.8 Å². The first-order chi connectivity index (χ1) is 8.16. The molecule has 0 radical (unpaired) electrons. The summed E-state index contributed by atoms with van der Waals surface area (Å²) in [4.78, 5) is 1.51. The van der Waals surface area contributed by atoms with Crippen LogP contribution in [0.4, 0.5) is 0 Å². The summed E-state index contributed by atoms with van der Waals surface area (Å²) in [6, 6.07) is 2.98. The summed E-state index contributed by atoms with van der Waals surface area (Å²) in [5, 5.41) is 5.93. The highest BCUT2D eigenvalue weighted by Crippen LogP contribution is 2.30. The molecule has 0 atom stereocenters. The zero-order chi connectivity index (χ0) is 12.3. The maximum atomic E-state index is 3.73. The van der Waals surface area contributed by atoms with E-state index in [1.54, 1.807) is 0 Å². The second-order valence-electron chi connectivity index (χ2n) is 5.76. The third kappa shape index (κ3) is 3.56. The molecular formula is C15H25NS. The molecule has 0 unspecified atom stereocenters. The minimum atomic E-state index is 0.756. The van der Waals surface area contributed by atoms with Gasteiger partial charge in [-0.3, -0.25) is 0 Å². The monoisotopic (exact) mass is 251 g/mol. The van der Waals surface area contributed by atoms with Gasteiger partial charge in [-0.2, -0.15) is 0 Å². The lowest BCUT2D eigenvalue weighted by Gasteiger charge is -2.31. The lowest BCUT2D eigenvalue weighted by molar-refractivity contribution is 0.238. The van der Waals surface area contributed by atoms with Gasteiger partial charge in [0, 0.05) is 17.5 Å². The average molecular weight is 251 g/mol. The molecule has 1 aliphatic rings. The van der Waals surface area contributed by atoms with Gasteiger partial charge in [0.05, 0.1) is 0 Å². The van der Waals surface area contributed by atoms with Gasteiger partial charge in [-0.25, -0.2) is 0 Å². The van der Waals surface area contributed by atoms with Crippen LogP contribution >= 0.6 is 11.3 Å². The first kappa shape index (κ1) is 13.1. The number of hydrogen-bond donors (Lipinski definition) is 1. The Hall–Kier alpha value is -0.340. The Morgan fingerprint density at radius 3 is 2.53 bits per heavy atom. The van der Waals surface area contributed by atoms with Crippen LogP contribution in [0.25, 0.3) is 0 Å². The summed E-state index contributed by atoms with van der Waals surface area (Å²) < 4.78 is 0. The highest BCUT2D eigenvalue weighted by molar-refractivity contribution is 7.10. The summed E-state index contributed by atoms with van der Waals surface area (Å²) in [6.45, 7) is 8.02. The zero-order valence-corrected chi connectivity index (χ0v) is 12.1. The average Bonchev–Trinajstić information content (AvgIpc) is 2.73. The topological polar surface area (TPSA) is 12.0 Å². The van der Waals surface area contributed by atoms with Crippen LogP contribution in [0.2, 0.25) is 0 Å². The van der Waals surface area contributed by atoms with E-state index < -0.39 is 0 Å². The van der Waals surface area contributed by atoms with E-state index in [2.05, 4.69) is 37.5 Å². The predicted octanol–water partition coefficient (Wildman–Crippen LogP) is 4.36. The second kappa shape index (κ2) is 6.01. The highest BCUT2D eigenvalue weighted by Gasteiger charge is 2.22. The molecule has 0 aliphatic heterocycles. The molecule has 1 aromatic rings. The van der Waals surface area contributed by atoms with Crippen LogP contribution in [0.1, 0.15) is 50.0 Å². The fourth-order valence-corrected chi connectivity index (χ4v) is 3.67. The van der Waals surface area contributed by atoms with E-state index in [0.29, 0.717) is 0 Å². The van der Waals surface area contributed by atoms with E-state index in [-0.39, 0.29) is 0 Å². The number of aryl methyl sites for hydroxylation is 1. The molecule has 1 saturated carbocycles. The van der Waals surface area contributed by atoms with Crippen molar-refractivity contribution in [1.29, 1.82) is 0 Å². The largest absolute Gasteiger partial charge is 0.309 e. The molecule has 0 amide bonds. The van der Waals surface area contributed by atoms with E-state index in [0.717, 1.165) is 24.4 Å². The first-order valence-corrected chi connectivity index (χ1v) is 7.81. The lowest BCUT2D eigenvalue weighted by atomic mass is 9.80. The second-order valence-corrected chi connectivity index (χ2v) is 6.76. The molecule has 1 aliphatic carbocycles. The van der Waals surface area contributed by atoms with Crippen molar-refractivity contribution < 1.29 is 0 Å². The molecule has 0 spiro atoms. The van der Waals surface area contributed by atoms with Crippen LogP contribution in [0.3, 0.4) is 0 Å². The molecule has 0 bridgehead atoms. The van der Waals surface area contributed by atoms with Gasteiger partial charge in [0.2, 0.25) is 0 Å². The van der Waals surface area contributed by atoms with Gasteiger partial charge in [0.25, 0.3) is 0 Å². The molecule has 0 aromatic carbocycles. The molecule has 1 heterocycles. The third-order valence-corrected chi connectivity index (χ3v) is 5.26. The van der Waals surface area contributed by atoms with E-state index in [9.17, 15) is 0 Å². The zero-order valence-electron chi connectivity index (χ0n) is 11.3. The maximum absolute atomic E-state index is 3.73. The number of thiophene rings is 1. The number of rotatable bonds is 4. The summed E-state index contributed by atoms with van der Waals surface area (Å²) in [6.07, 6.45) is 5.57. The third-order valence-electron chi connectivity index (χ3n) is 4.23. The molecule has 2 rings (SSSR count). The van der Waals surface area contributed by atoms with Crippen LogP contribution in [0, 0.1) is 18.8 Å². The lowest BCUT2D eigenvalue weighted by Crippen LogP contribution is -2.33. The first-order valence-electron chi connectivity index (χ1n) is 6.93.